The molecule has 0 N–H and O–H groups in total. The number of benzene rings is 1. The fourth-order valence-corrected chi connectivity index (χ4v) is 2.85. The average molecular weight is 323 g/mol. The minimum Gasteiger partial charge on any atom is -0.482 e. The van der Waals surface area contributed by atoms with Crippen molar-refractivity contribution >= 4 is 17.8 Å². The highest BCUT2D eigenvalue weighted by molar-refractivity contribution is 5.98. The lowest BCUT2D eigenvalue weighted by molar-refractivity contribution is -0.106. The number of rotatable bonds is 3. The van der Waals surface area contributed by atoms with Crippen molar-refractivity contribution in [1.82, 2.24) is 4.57 Å². The Morgan fingerprint density at radius 1 is 1.21 bits per heavy atom. The van der Waals surface area contributed by atoms with Crippen molar-refractivity contribution in [1.29, 1.82) is 0 Å². The Morgan fingerprint density at radius 2 is 1.96 bits per heavy atom. The maximum absolute atomic E-state index is 12.3. The predicted octanol–water partition coefficient (Wildman–Crippen LogP) is 2.68. The van der Waals surface area contributed by atoms with Crippen LogP contribution in [0.15, 0.2) is 53.0 Å². The van der Waals surface area contributed by atoms with Gasteiger partial charge in [0, 0.05) is 23.4 Å². The van der Waals surface area contributed by atoms with Gasteiger partial charge in [-0.25, -0.2) is 0 Å². The summed E-state index contributed by atoms with van der Waals surface area (Å²) in [7, 11) is 0. The fourth-order valence-electron chi connectivity index (χ4n) is 2.85. The number of fused-ring (bicyclic) bond motifs is 1. The second kappa shape index (κ2) is 5.60. The Labute approximate surface area is 139 Å². The van der Waals surface area contributed by atoms with Gasteiger partial charge in [0.05, 0.1) is 11.3 Å². The molecule has 2 aromatic rings. The van der Waals surface area contributed by atoms with Gasteiger partial charge in [-0.15, -0.1) is 0 Å². The molecule has 0 fully saturated rings. The molecule has 0 spiro atoms. The zero-order chi connectivity index (χ0) is 17.5. The molecule has 122 valence electrons. The predicted molar refractivity (Wildman–Crippen MR) is 90.2 cm³/mol. The van der Waals surface area contributed by atoms with Gasteiger partial charge < -0.3 is 4.74 Å². The van der Waals surface area contributed by atoms with E-state index in [9.17, 15) is 14.4 Å². The summed E-state index contributed by atoms with van der Waals surface area (Å²) in [4.78, 5) is 35.8. The normalized spacial score (nSPS) is 15.5. The molecule has 24 heavy (non-hydrogen) atoms. The highest BCUT2D eigenvalue weighted by atomic mass is 16.5. The molecule has 1 aliphatic heterocycles. The first-order chi connectivity index (χ1) is 11.3. The average Bonchev–Trinajstić information content (AvgIpc) is 2.53. The van der Waals surface area contributed by atoms with Gasteiger partial charge in [-0.1, -0.05) is 6.07 Å². The van der Waals surface area contributed by atoms with Crippen LogP contribution in [0, 0.1) is 0 Å². The number of ketones is 1. The summed E-state index contributed by atoms with van der Waals surface area (Å²) in [6, 6.07) is 9.81. The molecule has 0 aliphatic carbocycles. The van der Waals surface area contributed by atoms with Crippen LogP contribution in [0.25, 0.3) is 5.70 Å². The summed E-state index contributed by atoms with van der Waals surface area (Å²) in [5.74, 6) is 0.427. The zero-order valence-electron chi connectivity index (χ0n) is 13.7. The summed E-state index contributed by atoms with van der Waals surface area (Å²) in [6.07, 6.45) is 2.31. The second-order valence-electron chi connectivity index (χ2n) is 6.17. The molecule has 5 heteroatoms. The number of ether oxygens (including phenoxy) is 1. The van der Waals surface area contributed by atoms with Crippen LogP contribution in [-0.2, 0) is 4.79 Å². The number of hydrogen-bond donors (Lipinski definition) is 0. The van der Waals surface area contributed by atoms with Crippen molar-refractivity contribution in [3.63, 3.8) is 0 Å². The third-order valence-electron chi connectivity index (χ3n) is 4.09. The molecular weight excluding hydrogens is 306 g/mol. The maximum Gasteiger partial charge on any atom is 0.255 e. The lowest BCUT2D eigenvalue weighted by atomic mass is 9.89. The molecule has 0 atom stereocenters. The van der Waals surface area contributed by atoms with Crippen molar-refractivity contribution in [3.05, 3.63) is 69.6 Å². The molecule has 0 unspecified atom stereocenters. The molecule has 1 aromatic heterocycles. The molecule has 0 bridgehead atoms. The summed E-state index contributed by atoms with van der Waals surface area (Å²) in [6.45, 7) is 5.01. The first kappa shape index (κ1) is 15.9. The minimum atomic E-state index is -0.892. The van der Waals surface area contributed by atoms with E-state index >= 15 is 0 Å². The third-order valence-corrected chi connectivity index (χ3v) is 4.09. The van der Waals surface area contributed by atoms with E-state index in [1.54, 1.807) is 50.4 Å². The van der Waals surface area contributed by atoms with Crippen LogP contribution in [0.3, 0.4) is 0 Å². The van der Waals surface area contributed by atoms with Crippen LogP contribution >= 0.6 is 0 Å². The van der Waals surface area contributed by atoms with Crippen LogP contribution in [0.1, 0.15) is 36.7 Å². The second-order valence-corrected chi connectivity index (χ2v) is 6.17. The molecule has 0 radical (unpaired) electrons. The molecule has 1 aliphatic rings. The topological polar surface area (TPSA) is 65.4 Å². The molecule has 0 saturated carbocycles. The fraction of sp³-hybridized carbons (Fsp3) is 0.211. The van der Waals surface area contributed by atoms with Gasteiger partial charge in [0.25, 0.3) is 5.56 Å². The van der Waals surface area contributed by atoms with Crippen LogP contribution < -0.4 is 10.3 Å². The van der Waals surface area contributed by atoms with E-state index in [1.165, 1.54) is 17.6 Å². The first-order valence-corrected chi connectivity index (χ1v) is 7.57. The van der Waals surface area contributed by atoms with Crippen LogP contribution in [0.5, 0.6) is 5.75 Å². The van der Waals surface area contributed by atoms with E-state index in [-0.39, 0.29) is 11.3 Å². The number of hydrogen-bond acceptors (Lipinski definition) is 4. The Morgan fingerprint density at radius 3 is 2.58 bits per heavy atom. The third kappa shape index (κ3) is 2.48. The van der Waals surface area contributed by atoms with Crippen LogP contribution in [0.4, 0.5) is 0 Å². The van der Waals surface area contributed by atoms with E-state index in [1.807, 2.05) is 0 Å². The Hall–Kier alpha value is -2.95. The Bertz CT molecular complexity index is 934. The SMILES string of the molecule is CC(=O)c1ccc2c(c1)C(n1ccccc1=O)=C(C=O)C(C)(C)O2. The van der Waals surface area contributed by atoms with Gasteiger partial charge in [-0.2, -0.15) is 0 Å². The number of carbonyl (C=O) groups is 2. The number of aromatic nitrogens is 1. The summed E-state index contributed by atoms with van der Waals surface area (Å²) in [5.41, 5.74) is 0.691. The molecule has 3 rings (SSSR count). The van der Waals surface area contributed by atoms with Crippen molar-refractivity contribution < 1.29 is 14.3 Å². The minimum absolute atomic E-state index is 0.102. The van der Waals surface area contributed by atoms with E-state index in [4.69, 9.17) is 4.74 Å². The van der Waals surface area contributed by atoms with Gasteiger partial charge >= 0.3 is 0 Å². The maximum atomic E-state index is 12.3. The summed E-state index contributed by atoms with van der Waals surface area (Å²) < 4.78 is 7.35. The number of Topliss-reactive ketones (excluding diaryl/α,β-unsaturated/α-hetero) is 1. The Kier molecular flexibility index (Phi) is 3.72. The number of carbonyl (C=O) groups excluding carboxylic acids is 2. The van der Waals surface area contributed by atoms with Gasteiger partial charge in [0.1, 0.15) is 11.4 Å². The monoisotopic (exact) mass is 323 g/mol. The highest BCUT2D eigenvalue weighted by Gasteiger charge is 2.36. The van der Waals surface area contributed by atoms with E-state index in [0.29, 0.717) is 34.4 Å². The Balaban J connectivity index is 2.41. The number of nitrogens with zero attached hydrogens (tertiary/aromatic N) is 1. The number of pyridine rings is 1. The van der Waals surface area contributed by atoms with Gasteiger partial charge in [0.15, 0.2) is 12.1 Å². The lowest BCUT2D eigenvalue weighted by Gasteiger charge is -2.35. The highest BCUT2D eigenvalue weighted by Crippen LogP contribution is 2.40. The summed E-state index contributed by atoms with van der Waals surface area (Å²) >= 11 is 0. The van der Waals surface area contributed by atoms with Crippen LogP contribution in [-0.4, -0.2) is 22.2 Å². The standard InChI is InChI=1S/C19H17NO4/c1-12(22)13-7-8-16-14(10-13)18(15(11-21)19(2,3)24-16)20-9-5-4-6-17(20)23/h4-11H,1-3H3. The van der Waals surface area contributed by atoms with E-state index < -0.39 is 5.60 Å². The van der Waals surface area contributed by atoms with Crippen LogP contribution in [0.2, 0.25) is 0 Å². The van der Waals surface area contributed by atoms with Crippen molar-refractivity contribution in [3.8, 4) is 5.75 Å². The quantitative estimate of drug-likeness (QED) is 0.643. The molecule has 0 saturated heterocycles. The smallest absolute Gasteiger partial charge is 0.255 e. The molecule has 1 aromatic carbocycles. The number of aldehydes is 1. The zero-order valence-corrected chi connectivity index (χ0v) is 13.7. The lowest BCUT2D eigenvalue weighted by Crippen LogP contribution is -2.38. The van der Waals surface area contributed by atoms with Crippen molar-refractivity contribution in [2.45, 2.75) is 26.4 Å². The molecular formula is C19H17NO4. The summed E-state index contributed by atoms with van der Waals surface area (Å²) in [5, 5.41) is 0. The largest absolute Gasteiger partial charge is 0.482 e. The van der Waals surface area contributed by atoms with E-state index in [2.05, 4.69) is 0 Å². The van der Waals surface area contributed by atoms with Gasteiger partial charge in [-0.3, -0.25) is 19.0 Å². The van der Waals surface area contributed by atoms with Crippen molar-refractivity contribution in [2.75, 3.05) is 0 Å². The van der Waals surface area contributed by atoms with Gasteiger partial charge in [-0.05, 0) is 45.0 Å². The molecule has 5 nitrogen and oxygen atoms in total. The van der Waals surface area contributed by atoms with Gasteiger partial charge in [0.2, 0.25) is 0 Å². The molecule has 0 amide bonds. The van der Waals surface area contributed by atoms with E-state index in [0.717, 1.165) is 0 Å². The molecule has 2 heterocycles. The van der Waals surface area contributed by atoms with Crippen molar-refractivity contribution in [2.24, 2.45) is 0 Å². The first-order valence-electron chi connectivity index (χ1n) is 7.57.